The van der Waals surface area contributed by atoms with Gasteiger partial charge in [0.15, 0.2) is 18.3 Å². The van der Waals surface area contributed by atoms with Crippen LogP contribution < -0.4 is 103 Å². The van der Waals surface area contributed by atoms with E-state index < -0.39 is 30.2 Å². The summed E-state index contributed by atoms with van der Waals surface area (Å²) >= 11 is 0. The van der Waals surface area contributed by atoms with Crippen LogP contribution in [-0.4, -0.2) is 58.3 Å². The Balaban J connectivity index is -0.000000356. The van der Waals surface area contributed by atoms with Crippen LogP contribution in [0.25, 0.3) is 0 Å². The Morgan fingerprint density at radius 2 is 0.867 bits per heavy atom. The number of carboxylic acid groups (broad SMARTS) is 2. The Labute approximate surface area is 255 Å². The molecule has 0 bridgehead atoms. The quantitative estimate of drug-likeness (QED) is 0.170. The van der Waals surface area contributed by atoms with E-state index in [9.17, 15) is 35.5 Å². The van der Waals surface area contributed by atoms with Gasteiger partial charge in [0.05, 0.1) is 0 Å². The topological polar surface area (TPSA) is 229 Å². The molecule has 16 heteroatoms. The van der Waals surface area contributed by atoms with Gasteiger partial charge >= 0.3 is 115 Å². The van der Waals surface area contributed by atoms with Crippen LogP contribution in [0.4, 0.5) is 0 Å². The average molecular weight is 515 g/mol. The fourth-order valence-electron chi connectivity index (χ4n) is 1.31. The molecule has 4 N–H and O–H groups in total. The van der Waals surface area contributed by atoms with Gasteiger partial charge in [-0.25, -0.2) is 26.4 Å². The van der Waals surface area contributed by atoms with Crippen molar-refractivity contribution in [2.45, 2.75) is 0 Å². The molecule has 0 saturated carbocycles. The maximum atomic E-state index is 10.3. The second-order valence-corrected chi connectivity index (χ2v) is 8.54. The number of phenols is 2. The van der Waals surface area contributed by atoms with E-state index in [0.717, 1.165) is 0 Å². The SMILES string of the molecule is O=C(O)c1ccccc1O.O=C(O)c1ccccc1O.O=S(=O)([O-])S(=O)(=O)[O-].[K+].[K+]. The number of carboxylic acids is 2. The molecule has 0 radical (unpaired) electrons. The van der Waals surface area contributed by atoms with Crippen LogP contribution in [0.15, 0.2) is 48.5 Å². The van der Waals surface area contributed by atoms with E-state index in [2.05, 4.69) is 0 Å². The third-order valence-electron chi connectivity index (χ3n) is 2.52. The summed E-state index contributed by atoms with van der Waals surface area (Å²) in [7, 11) is -11.3. The van der Waals surface area contributed by atoms with Crippen molar-refractivity contribution >= 4 is 30.2 Å². The maximum absolute atomic E-state index is 10.3. The predicted molar refractivity (Wildman–Crippen MR) is 89.5 cm³/mol. The first-order chi connectivity index (χ1) is 12.7. The first-order valence-corrected chi connectivity index (χ1v) is 9.96. The number of para-hydroxylation sites is 2. The zero-order valence-electron chi connectivity index (χ0n) is 15.5. The molecule has 30 heavy (non-hydrogen) atoms. The summed E-state index contributed by atoms with van der Waals surface area (Å²) in [6, 6.07) is 11.6. The molecule has 2 aromatic carbocycles. The minimum Gasteiger partial charge on any atom is -0.736 e. The number of rotatable bonds is 3. The monoisotopic (exact) mass is 514 g/mol. The second-order valence-electron chi connectivity index (χ2n) is 4.46. The number of carbonyl (C=O) groups is 2. The molecule has 0 atom stereocenters. The molecule has 0 amide bonds. The van der Waals surface area contributed by atoms with Gasteiger partial charge < -0.3 is 29.5 Å². The molecule has 12 nitrogen and oxygen atoms in total. The molecule has 0 aliphatic rings. The van der Waals surface area contributed by atoms with E-state index in [1.165, 1.54) is 24.3 Å². The van der Waals surface area contributed by atoms with Crippen molar-refractivity contribution in [3.05, 3.63) is 59.7 Å². The Morgan fingerprint density at radius 3 is 1.00 bits per heavy atom. The van der Waals surface area contributed by atoms with Gasteiger partial charge in [-0.15, -0.1) is 0 Å². The number of aromatic hydroxyl groups is 2. The van der Waals surface area contributed by atoms with Crippen LogP contribution in [0.1, 0.15) is 20.7 Å². The molecule has 0 saturated heterocycles. The van der Waals surface area contributed by atoms with Crippen molar-refractivity contribution in [3.63, 3.8) is 0 Å². The molecule has 0 aliphatic heterocycles. The Hall–Kier alpha value is 0.0727. The maximum Gasteiger partial charge on any atom is 1.00 e. The first kappa shape index (κ1) is 34.7. The molecule has 2 aromatic rings. The molecule has 0 aliphatic carbocycles. The molecule has 0 unspecified atom stereocenters. The molecule has 0 aromatic heterocycles. The summed E-state index contributed by atoms with van der Waals surface area (Å²) in [5, 5.41) is 34.6. The summed E-state index contributed by atoms with van der Waals surface area (Å²) in [6.45, 7) is 0. The smallest absolute Gasteiger partial charge is 0.736 e. The average Bonchev–Trinajstić information content (AvgIpc) is 2.54. The van der Waals surface area contributed by atoms with Crippen LogP contribution >= 0.6 is 0 Å². The van der Waals surface area contributed by atoms with Crippen molar-refractivity contribution in [1.29, 1.82) is 0 Å². The Kier molecular flexibility index (Phi) is 18.3. The molecule has 0 spiro atoms. The number of aromatic carboxylic acids is 2. The molecule has 0 heterocycles. The summed E-state index contributed by atoms with van der Waals surface area (Å²) in [5.74, 6) is -2.62. The van der Waals surface area contributed by atoms with Crippen molar-refractivity contribution < 1.29 is 159 Å². The van der Waals surface area contributed by atoms with Gasteiger partial charge in [0.1, 0.15) is 22.6 Å². The van der Waals surface area contributed by atoms with Crippen molar-refractivity contribution in [2.24, 2.45) is 0 Å². The third-order valence-corrected chi connectivity index (χ3v) is 4.52. The summed E-state index contributed by atoms with van der Waals surface area (Å²) < 4.78 is 55.2. The second kappa shape index (κ2) is 15.8. The van der Waals surface area contributed by atoms with E-state index in [4.69, 9.17) is 20.4 Å². The molecule has 2 rings (SSSR count). The summed E-state index contributed by atoms with van der Waals surface area (Å²) in [5.41, 5.74) is -0.134. The molecule has 154 valence electrons. The molecule has 0 fully saturated rings. The van der Waals surface area contributed by atoms with E-state index in [0.29, 0.717) is 0 Å². The molecular weight excluding hydrogens is 502 g/mol. The van der Waals surface area contributed by atoms with Crippen LogP contribution in [0.5, 0.6) is 11.5 Å². The number of hydrogen-bond acceptors (Lipinski definition) is 10. The van der Waals surface area contributed by atoms with Crippen LogP contribution in [0.2, 0.25) is 0 Å². The summed E-state index contributed by atoms with van der Waals surface area (Å²) in [6.07, 6.45) is 0. The largest absolute Gasteiger partial charge is 1.00 e. The van der Waals surface area contributed by atoms with Gasteiger partial charge in [0.2, 0.25) is 0 Å². The van der Waals surface area contributed by atoms with E-state index >= 15 is 0 Å². The zero-order chi connectivity index (χ0) is 22.1. The van der Waals surface area contributed by atoms with E-state index in [1.807, 2.05) is 0 Å². The van der Waals surface area contributed by atoms with Crippen molar-refractivity contribution in [3.8, 4) is 11.5 Å². The van der Waals surface area contributed by atoms with Gasteiger partial charge in [0.25, 0.3) is 0 Å². The number of benzene rings is 2. The first-order valence-electron chi connectivity index (χ1n) is 6.62. The fourth-order valence-corrected chi connectivity index (χ4v) is 1.31. The van der Waals surface area contributed by atoms with Gasteiger partial charge in [0, 0.05) is 0 Å². The van der Waals surface area contributed by atoms with E-state index in [1.54, 1.807) is 24.3 Å². The van der Waals surface area contributed by atoms with Gasteiger partial charge in [-0.3, -0.25) is 0 Å². The normalized spacial score (nSPS) is 9.80. The summed E-state index contributed by atoms with van der Waals surface area (Å²) in [4.78, 5) is 20.5. The van der Waals surface area contributed by atoms with Gasteiger partial charge in [-0.05, 0) is 24.3 Å². The Bertz CT molecular complexity index is 967. The fraction of sp³-hybridized carbons (Fsp3) is 0. The van der Waals surface area contributed by atoms with Crippen molar-refractivity contribution in [1.82, 2.24) is 0 Å². The Morgan fingerprint density at radius 1 is 0.633 bits per heavy atom. The van der Waals surface area contributed by atoms with Crippen LogP contribution in [-0.2, 0) is 18.3 Å². The zero-order valence-corrected chi connectivity index (χ0v) is 23.4. The van der Waals surface area contributed by atoms with Crippen molar-refractivity contribution in [2.75, 3.05) is 0 Å². The minimum atomic E-state index is -5.67. The standard InChI is InChI=1S/2C7H6O3.2K.H2O6S2/c2*8-6-4-2-1-3-5(6)7(9)10;;;1-7(2,3)8(4,5)6/h2*1-4,8H,(H,9,10);;;(H,1,2,3)(H,4,5,6)/q;;2*+1;/p-2. The van der Waals surface area contributed by atoms with Gasteiger partial charge in [-0.1, -0.05) is 24.3 Å². The predicted octanol–water partition coefficient (Wildman–Crippen LogP) is -5.82. The minimum absolute atomic E-state index is 0. The van der Waals surface area contributed by atoms with Crippen LogP contribution in [0.3, 0.4) is 0 Å². The third kappa shape index (κ3) is 13.5. The van der Waals surface area contributed by atoms with Gasteiger partial charge in [-0.2, -0.15) is 0 Å². The number of hydrogen-bond donors (Lipinski definition) is 4. The van der Waals surface area contributed by atoms with Crippen LogP contribution in [0, 0.1) is 0 Å². The molecular formula is C14H12K2O12S2. The van der Waals surface area contributed by atoms with E-state index in [-0.39, 0.29) is 125 Å².